The van der Waals surface area contributed by atoms with Crippen LogP contribution in [0.5, 0.6) is 0 Å². The maximum absolute atomic E-state index is 3.81. The maximum atomic E-state index is 3.81. The molecule has 104 valence electrons. The van der Waals surface area contributed by atoms with Gasteiger partial charge in [0.1, 0.15) is 0 Å². The second-order valence-electron chi connectivity index (χ2n) is 5.02. The smallest absolute Gasteiger partial charge is 0.0164 e. The lowest BCUT2D eigenvalue weighted by Crippen LogP contribution is -2.48. The predicted molar refractivity (Wildman–Crippen MR) is 80.0 cm³/mol. The van der Waals surface area contributed by atoms with Crippen molar-refractivity contribution >= 4 is 0 Å². The molecule has 1 aliphatic rings. The zero-order chi connectivity index (χ0) is 13.2. The molecule has 0 bridgehead atoms. The molecule has 1 aliphatic heterocycles. The lowest BCUT2D eigenvalue weighted by molar-refractivity contribution is 0.122. The fraction of sp³-hybridized carbons (Fsp3) is 0.733. The summed E-state index contributed by atoms with van der Waals surface area (Å²) < 4.78 is 0. The highest BCUT2D eigenvalue weighted by atomic mass is 15.3. The first-order valence-corrected chi connectivity index (χ1v) is 7.19. The zero-order valence-corrected chi connectivity index (χ0v) is 12.0. The van der Waals surface area contributed by atoms with E-state index in [-0.39, 0.29) is 0 Å². The Bertz CT molecular complexity index is 222. The van der Waals surface area contributed by atoms with Gasteiger partial charge in [-0.15, -0.1) is 13.2 Å². The normalized spacial score (nSPS) is 18.1. The number of piperazine rings is 1. The van der Waals surface area contributed by atoms with Gasteiger partial charge in [-0.05, 0) is 13.0 Å². The molecule has 0 spiro atoms. The topological polar surface area (TPSA) is 9.72 Å². The molecule has 3 heteroatoms. The Kier molecular flexibility index (Phi) is 7.98. The van der Waals surface area contributed by atoms with Crippen molar-refractivity contribution in [2.75, 3.05) is 58.9 Å². The molecule has 0 saturated carbocycles. The minimum Gasteiger partial charge on any atom is -0.301 e. The Balaban J connectivity index is 2.19. The molecule has 1 rings (SSSR count). The Morgan fingerprint density at radius 3 is 1.89 bits per heavy atom. The molecule has 0 unspecified atom stereocenters. The highest BCUT2D eigenvalue weighted by molar-refractivity contribution is 4.81. The molecular weight excluding hydrogens is 222 g/mol. The van der Waals surface area contributed by atoms with Gasteiger partial charge in [0.2, 0.25) is 0 Å². The van der Waals surface area contributed by atoms with Gasteiger partial charge < -0.3 is 4.90 Å². The molecule has 18 heavy (non-hydrogen) atoms. The van der Waals surface area contributed by atoms with Gasteiger partial charge in [0.15, 0.2) is 0 Å². The van der Waals surface area contributed by atoms with Gasteiger partial charge in [0.25, 0.3) is 0 Å². The van der Waals surface area contributed by atoms with Crippen LogP contribution in [0.4, 0.5) is 0 Å². The number of hydrogen-bond donors (Lipinski definition) is 0. The van der Waals surface area contributed by atoms with Gasteiger partial charge in [0.05, 0.1) is 0 Å². The minimum absolute atomic E-state index is 0.960. The first-order valence-electron chi connectivity index (χ1n) is 7.19. The third-order valence-corrected chi connectivity index (χ3v) is 3.51. The third kappa shape index (κ3) is 5.80. The van der Waals surface area contributed by atoms with Crippen LogP contribution in [0, 0.1) is 0 Å². The molecule has 0 aromatic heterocycles. The molecule has 3 nitrogen and oxygen atoms in total. The van der Waals surface area contributed by atoms with E-state index in [1.54, 1.807) is 0 Å². The van der Waals surface area contributed by atoms with Crippen molar-refractivity contribution in [3.8, 4) is 0 Å². The lowest BCUT2D eigenvalue weighted by Gasteiger charge is -2.35. The molecule has 0 aromatic rings. The van der Waals surface area contributed by atoms with E-state index < -0.39 is 0 Å². The number of nitrogens with zero attached hydrogens (tertiary/aromatic N) is 3. The average Bonchev–Trinajstić information content (AvgIpc) is 2.38. The van der Waals surface area contributed by atoms with Gasteiger partial charge in [-0.2, -0.15) is 0 Å². The van der Waals surface area contributed by atoms with E-state index in [1.165, 1.54) is 45.7 Å². The van der Waals surface area contributed by atoms with Crippen LogP contribution in [0.25, 0.3) is 0 Å². The fourth-order valence-corrected chi connectivity index (χ4v) is 2.46. The first kappa shape index (κ1) is 15.4. The van der Waals surface area contributed by atoms with Crippen molar-refractivity contribution < 1.29 is 0 Å². The molecule has 0 N–H and O–H groups in total. The SMILES string of the molecule is C=CCN(CC=C)CCN1CCN(CCC)CC1. The number of hydrogen-bond acceptors (Lipinski definition) is 3. The van der Waals surface area contributed by atoms with Gasteiger partial charge in [-0.1, -0.05) is 19.1 Å². The van der Waals surface area contributed by atoms with Gasteiger partial charge >= 0.3 is 0 Å². The highest BCUT2D eigenvalue weighted by Crippen LogP contribution is 2.02. The van der Waals surface area contributed by atoms with Gasteiger partial charge in [-0.25, -0.2) is 0 Å². The van der Waals surface area contributed by atoms with E-state index in [2.05, 4.69) is 34.8 Å². The third-order valence-electron chi connectivity index (χ3n) is 3.51. The van der Waals surface area contributed by atoms with E-state index in [1.807, 2.05) is 12.2 Å². The summed E-state index contributed by atoms with van der Waals surface area (Å²) in [6.45, 7) is 20.2. The van der Waals surface area contributed by atoms with Crippen LogP contribution in [-0.2, 0) is 0 Å². The molecule has 0 aromatic carbocycles. The molecule has 1 fully saturated rings. The summed E-state index contributed by atoms with van der Waals surface area (Å²) in [4.78, 5) is 7.53. The zero-order valence-electron chi connectivity index (χ0n) is 12.0. The Labute approximate surface area is 113 Å². The second kappa shape index (κ2) is 9.31. The maximum Gasteiger partial charge on any atom is 0.0164 e. The molecule has 1 saturated heterocycles. The van der Waals surface area contributed by atoms with Crippen LogP contribution in [0.1, 0.15) is 13.3 Å². The van der Waals surface area contributed by atoms with E-state index in [4.69, 9.17) is 0 Å². The largest absolute Gasteiger partial charge is 0.301 e. The van der Waals surface area contributed by atoms with Crippen LogP contribution in [0.15, 0.2) is 25.3 Å². The monoisotopic (exact) mass is 251 g/mol. The van der Waals surface area contributed by atoms with Crippen LogP contribution in [-0.4, -0.2) is 73.6 Å². The lowest BCUT2D eigenvalue weighted by atomic mass is 10.3. The summed E-state index contributed by atoms with van der Waals surface area (Å²) in [5.41, 5.74) is 0. The van der Waals surface area contributed by atoms with E-state index in [0.29, 0.717) is 0 Å². The second-order valence-corrected chi connectivity index (χ2v) is 5.02. The van der Waals surface area contributed by atoms with Crippen molar-refractivity contribution in [3.05, 3.63) is 25.3 Å². The fourth-order valence-electron chi connectivity index (χ4n) is 2.46. The summed E-state index contributed by atoms with van der Waals surface area (Å²) in [7, 11) is 0. The molecule has 0 radical (unpaired) electrons. The van der Waals surface area contributed by atoms with Crippen LogP contribution >= 0.6 is 0 Å². The van der Waals surface area contributed by atoms with Crippen molar-refractivity contribution in [2.45, 2.75) is 13.3 Å². The molecule has 0 amide bonds. The Hall–Kier alpha value is -0.640. The first-order chi connectivity index (χ1) is 8.80. The molecule has 1 heterocycles. The van der Waals surface area contributed by atoms with E-state index >= 15 is 0 Å². The summed E-state index contributed by atoms with van der Waals surface area (Å²) in [5, 5.41) is 0. The molecule has 0 atom stereocenters. The summed E-state index contributed by atoms with van der Waals surface area (Å²) in [6.07, 6.45) is 5.22. The summed E-state index contributed by atoms with van der Waals surface area (Å²) in [5.74, 6) is 0. The van der Waals surface area contributed by atoms with Crippen LogP contribution < -0.4 is 0 Å². The Morgan fingerprint density at radius 1 is 0.944 bits per heavy atom. The number of rotatable bonds is 9. The van der Waals surface area contributed by atoms with E-state index in [0.717, 1.165) is 19.6 Å². The molecule has 0 aliphatic carbocycles. The van der Waals surface area contributed by atoms with Crippen molar-refractivity contribution in [1.29, 1.82) is 0 Å². The van der Waals surface area contributed by atoms with Gasteiger partial charge in [0, 0.05) is 52.4 Å². The highest BCUT2D eigenvalue weighted by Gasteiger charge is 2.16. The van der Waals surface area contributed by atoms with Crippen molar-refractivity contribution in [1.82, 2.24) is 14.7 Å². The predicted octanol–water partition coefficient (Wildman–Crippen LogP) is 1.69. The standard InChI is InChI=1S/C15H29N3/c1-4-7-16(8-5-2)10-13-18-14-11-17(9-6-3)12-15-18/h4-5H,1-2,6-15H2,3H3. The van der Waals surface area contributed by atoms with Gasteiger partial charge in [-0.3, -0.25) is 9.80 Å². The van der Waals surface area contributed by atoms with Crippen molar-refractivity contribution in [3.63, 3.8) is 0 Å². The molecular formula is C15H29N3. The minimum atomic E-state index is 0.960. The summed E-state index contributed by atoms with van der Waals surface area (Å²) >= 11 is 0. The van der Waals surface area contributed by atoms with Crippen molar-refractivity contribution in [2.24, 2.45) is 0 Å². The summed E-state index contributed by atoms with van der Waals surface area (Å²) in [6, 6.07) is 0. The van der Waals surface area contributed by atoms with Crippen LogP contribution in [0.3, 0.4) is 0 Å². The Morgan fingerprint density at radius 2 is 1.44 bits per heavy atom. The van der Waals surface area contributed by atoms with Crippen LogP contribution in [0.2, 0.25) is 0 Å². The quantitative estimate of drug-likeness (QED) is 0.577. The van der Waals surface area contributed by atoms with E-state index in [9.17, 15) is 0 Å². The average molecular weight is 251 g/mol.